The van der Waals surface area contributed by atoms with Crippen molar-refractivity contribution in [2.24, 2.45) is 0 Å². The molecular formula is C14H21N3O2. The minimum atomic E-state index is -0.327. The van der Waals surface area contributed by atoms with Gasteiger partial charge in [0.2, 0.25) is 0 Å². The summed E-state index contributed by atoms with van der Waals surface area (Å²) in [4.78, 5) is 14.4. The van der Waals surface area contributed by atoms with Crippen LogP contribution in [0.25, 0.3) is 0 Å². The quantitative estimate of drug-likeness (QED) is 0.865. The molecule has 1 atom stereocenters. The standard InChI is InChI=1S/C14H21N3O2/c1-2-17-12-6-5-10(18)9-11(12)13(15-17)14(19)16-7-3-4-8-16/h10,18H,2-9H2,1H3. The third kappa shape index (κ3) is 2.16. The number of hydrogen-bond donors (Lipinski definition) is 1. The van der Waals surface area contributed by atoms with Gasteiger partial charge >= 0.3 is 0 Å². The average molecular weight is 263 g/mol. The molecule has 0 bridgehead atoms. The molecule has 0 radical (unpaired) electrons. The molecule has 5 nitrogen and oxygen atoms in total. The number of nitrogens with zero attached hydrogens (tertiary/aromatic N) is 3. The zero-order valence-corrected chi connectivity index (χ0v) is 11.4. The van der Waals surface area contributed by atoms with Crippen molar-refractivity contribution in [2.45, 2.75) is 51.7 Å². The second-order valence-electron chi connectivity index (χ2n) is 5.49. The summed E-state index contributed by atoms with van der Waals surface area (Å²) < 4.78 is 1.94. The van der Waals surface area contributed by atoms with Crippen molar-refractivity contribution >= 4 is 5.91 Å². The Labute approximate surface area is 113 Å². The molecule has 0 saturated carbocycles. The van der Waals surface area contributed by atoms with Crippen LogP contribution in [0.4, 0.5) is 0 Å². The van der Waals surface area contributed by atoms with E-state index >= 15 is 0 Å². The molecule has 1 aliphatic heterocycles. The molecule has 3 rings (SSSR count). The molecule has 0 spiro atoms. The molecule has 1 fully saturated rings. The van der Waals surface area contributed by atoms with Gasteiger partial charge in [0.1, 0.15) is 0 Å². The lowest BCUT2D eigenvalue weighted by Crippen LogP contribution is -2.30. The highest BCUT2D eigenvalue weighted by atomic mass is 16.3. The molecule has 1 saturated heterocycles. The highest BCUT2D eigenvalue weighted by Gasteiger charge is 2.30. The third-order valence-corrected chi connectivity index (χ3v) is 4.22. The fourth-order valence-electron chi connectivity index (χ4n) is 3.17. The molecule has 1 aromatic rings. The Morgan fingerprint density at radius 1 is 1.42 bits per heavy atom. The first-order valence-corrected chi connectivity index (χ1v) is 7.26. The summed E-state index contributed by atoms with van der Waals surface area (Å²) in [5.41, 5.74) is 2.71. The second-order valence-corrected chi connectivity index (χ2v) is 5.49. The SMILES string of the molecule is CCn1nc(C(=O)N2CCCC2)c2c1CCC(O)C2. The van der Waals surface area contributed by atoms with E-state index in [1.807, 2.05) is 16.5 Å². The molecule has 0 aromatic carbocycles. The molecule has 1 amide bonds. The zero-order valence-electron chi connectivity index (χ0n) is 11.4. The number of carbonyl (C=O) groups excluding carboxylic acids is 1. The van der Waals surface area contributed by atoms with Gasteiger partial charge in [0.15, 0.2) is 5.69 Å². The largest absolute Gasteiger partial charge is 0.393 e. The van der Waals surface area contributed by atoms with E-state index < -0.39 is 0 Å². The summed E-state index contributed by atoms with van der Waals surface area (Å²) >= 11 is 0. The second kappa shape index (κ2) is 4.96. The zero-order chi connectivity index (χ0) is 13.4. The Balaban J connectivity index is 1.96. The summed E-state index contributed by atoms with van der Waals surface area (Å²) in [5, 5.41) is 14.4. The first-order valence-electron chi connectivity index (χ1n) is 7.26. The summed E-state index contributed by atoms with van der Waals surface area (Å²) in [6, 6.07) is 0. The molecule has 1 unspecified atom stereocenters. The van der Waals surface area contributed by atoms with Gasteiger partial charge in [-0.1, -0.05) is 0 Å². The molecule has 1 N–H and O–H groups in total. The highest BCUT2D eigenvalue weighted by molar-refractivity contribution is 5.94. The van der Waals surface area contributed by atoms with E-state index in [2.05, 4.69) is 5.10 Å². The van der Waals surface area contributed by atoms with Crippen LogP contribution in [0, 0.1) is 0 Å². The van der Waals surface area contributed by atoms with Crippen molar-refractivity contribution in [1.82, 2.24) is 14.7 Å². The van der Waals surface area contributed by atoms with Crippen molar-refractivity contribution in [2.75, 3.05) is 13.1 Å². The van der Waals surface area contributed by atoms with Crippen molar-refractivity contribution < 1.29 is 9.90 Å². The van der Waals surface area contributed by atoms with E-state index in [-0.39, 0.29) is 12.0 Å². The number of rotatable bonds is 2. The van der Waals surface area contributed by atoms with Crippen molar-refractivity contribution in [3.05, 3.63) is 17.0 Å². The molecule has 5 heteroatoms. The van der Waals surface area contributed by atoms with E-state index in [0.717, 1.165) is 56.6 Å². The summed E-state index contributed by atoms with van der Waals surface area (Å²) in [6.45, 7) is 4.51. The number of carbonyl (C=O) groups is 1. The van der Waals surface area contributed by atoms with Gasteiger partial charge in [0, 0.05) is 37.3 Å². The van der Waals surface area contributed by atoms with Gasteiger partial charge in [0.25, 0.3) is 5.91 Å². The smallest absolute Gasteiger partial charge is 0.274 e. The van der Waals surface area contributed by atoms with Gasteiger partial charge in [-0.15, -0.1) is 0 Å². The lowest BCUT2D eigenvalue weighted by Gasteiger charge is -2.20. The number of aliphatic hydroxyl groups is 1. The minimum Gasteiger partial charge on any atom is -0.393 e. The van der Waals surface area contributed by atoms with Gasteiger partial charge < -0.3 is 10.0 Å². The predicted molar refractivity (Wildman–Crippen MR) is 71.1 cm³/mol. The number of hydrogen-bond acceptors (Lipinski definition) is 3. The number of aromatic nitrogens is 2. The fourth-order valence-corrected chi connectivity index (χ4v) is 3.17. The van der Waals surface area contributed by atoms with Gasteiger partial charge in [-0.05, 0) is 32.6 Å². The summed E-state index contributed by atoms with van der Waals surface area (Å²) in [5.74, 6) is 0.0510. The normalized spacial score (nSPS) is 22.6. The first kappa shape index (κ1) is 12.7. The monoisotopic (exact) mass is 263 g/mol. The number of aryl methyl sites for hydroxylation is 1. The van der Waals surface area contributed by atoms with Crippen molar-refractivity contribution in [3.63, 3.8) is 0 Å². The van der Waals surface area contributed by atoms with Crippen molar-refractivity contribution in [1.29, 1.82) is 0 Å². The lowest BCUT2D eigenvalue weighted by molar-refractivity contribution is 0.0783. The van der Waals surface area contributed by atoms with Gasteiger partial charge in [-0.2, -0.15) is 5.10 Å². The van der Waals surface area contributed by atoms with Crippen LogP contribution in [0.2, 0.25) is 0 Å². The molecule has 2 heterocycles. The van der Waals surface area contributed by atoms with Gasteiger partial charge in [0.05, 0.1) is 6.10 Å². The Bertz CT molecular complexity index is 489. The first-order chi connectivity index (χ1) is 9.20. The number of aliphatic hydroxyl groups excluding tert-OH is 1. The molecule has 19 heavy (non-hydrogen) atoms. The van der Waals surface area contributed by atoms with E-state index in [1.165, 1.54) is 0 Å². The highest BCUT2D eigenvalue weighted by Crippen LogP contribution is 2.26. The maximum Gasteiger partial charge on any atom is 0.274 e. The van der Waals surface area contributed by atoms with Crippen LogP contribution in [0.15, 0.2) is 0 Å². The molecule has 1 aliphatic carbocycles. The lowest BCUT2D eigenvalue weighted by atomic mass is 9.93. The minimum absolute atomic E-state index is 0.0510. The molecular weight excluding hydrogens is 242 g/mol. The Hall–Kier alpha value is -1.36. The van der Waals surface area contributed by atoms with Gasteiger partial charge in [-0.3, -0.25) is 9.48 Å². The van der Waals surface area contributed by atoms with E-state index in [4.69, 9.17) is 0 Å². The van der Waals surface area contributed by atoms with Crippen molar-refractivity contribution in [3.8, 4) is 0 Å². The fraction of sp³-hybridized carbons (Fsp3) is 0.714. The number of amides is 1. The van der Waals surface area contributed by atoms with Crippen LogP contribution in [0.3, 0.4) is 0 Å². The van der Waals surface area contributed by atoms with Crippen LogP contribution in [-0.2, 0) is 19.4 Å². The van der Waals surface area contributed by atoms with Crippen LogP contribution in [0.5, 0.6) is 0 Å². The third-order valence-electron chi connectivity index (χ3n) is 4.22. The Kier molecular flexibility index (Phi) is 3.31. The van der Waals surface area contributed by atoms with E-state index in [0.29, 0.717) is 12.1 Å². The Morgan fingerprint density at radius 2 is 2.16 bits per heavy atom. The predicted octanol–water partition coefficient (Wildman–Crippen LogP) is 0.989. The molecule has 1 aromatic heterocycles. The average Bonchev–Trinajstić information content (AvgIpc) is 3.05. The van der Waals surface area contributed by atoms with E-state index in [9.17, 15) is 9.90 Å². The molecule has 104 valence electrons. The van der Waals surface area contributed by atoms with Crippen LogP contribution in [0.1, 0.15) is 47.9 Å². The maximum absolute atomic E-state index is 12.5. The van der Waals surface area contributed by atoms with E-state index in [1.54, 1.807) is 0 Å². The number of fused-ring (bicyclic) bond motifs is 1. The Morgan fingerprint density at radius 3 is 2.84 bits per heavy atom. The summed E-state index contributed by atoms with van der Waals surface area (Å²) in [7, 11) is 0. The van der Waals surface area contributed by atoms with Crippen LogP contribution < -0.4 is 0 Å². The van der Waals surface area contributed by atoms with Crippen LogP contribution in [-0.4, -0.2) is 44.9 Å². The number of likely N-dealkylation sites (tertiary alicyclic amines) is 1. The topological polar surface area (TPSA) is 58.4 Å². The maximum atomic E-state index is 12.5. The molecule has 2 aliphatic rings. The van der Waals surface area contributed by atoms with Crippen LogP contribution >= 0.6 is 0 Å². The summed E-state index contributed by atoms with van der Waals surface area (Å²) in [6.07, 6.45) is 4.02. The van der Waals surface area contributed by atoms with Gasteiger partial charge in [-0.25, -0.2) is 0 Å².